The molecule has 1 aromatic heterocycles. The lowest BCUT2D eigenvalue weighted by Gasteiger charge is -2.14. The molecule has 2 heterocycles. The van der Waals surface area contributed by atoms with Crippen LogP contribution in [0.15, 0.2) is 17.1 Å². The van der Waals surface area contributed by atoms with Crippen LogP contribution in [0.5, 0.6) is 0 Å². The Hall–Kier alpha value is 0.340. The fourth-order valence-electron chi connectivity index (χ4n) is 1.95. The van der Waals surface area contributed by atoms with Crippen LogP contribution in [0.25, 0.3) is 0 Å². The van der Waals surface area contributed by atoms with Gasteiger partial charge < -0.3 is 10.6 Å². The monoisotopic (exact) mass is 445 g/mol. The summed E-state index contributed by atoms with van der Waals surface area (Å²) < 4.78 is 0.825. The van der Waals surface area contributed by atoms with Gasteiger partial charge in [-0.25, -0.2) is 4.99 Å². The van der Waals surface area contributed by atoms with E-state index in [2.05, 4.69) is 34.3 Å². The molecule has 114 valence electrons. The molecule has 0 bridgehead atoms. The zero-order chi connectivity index (χ0) is 13.5. The van der Waals surface area contributed by atoms with E-state index in [4.69, 9.17) is 11.6 Å². The molecule has 1 fully saturated rings. The number of thiophene rings is 1. The molecule has 2 N–H and O–H groups in total. The molecule has 1 saturated heterocycles. The van der Waals surface area contributed by atoms with Crippen LogP contribution in [0.2, 0.25) is 4.34 Å². The molecule has 0 aromatic carbocycles. The van der Waals surface area contributed by atoms with Crippen molar-refractivity contribution in [1.82, 2.24) is 10.6 Å². The predicted molar refractivity (Wildman–Crippen MR) is 103 cm³/mol. The number of nitrogens with one attached hydrogen (secondary N) is 2. The van der Waals surface area contributed by atoms with Crippen molar-refractivity contribution < 1.29 is 0 Å². The third kappa shape index (κ3) is 6.41. The quantitative estimate of drug-likeness (QED) is 0.409. The van der Waals surface area contributed by atoms with Gasteiger partial charge in [-0.15, -0.1) is 35.3 Å². The molecular weight excluding hydrogens is 425 g/mol. The second-order valence-electron chi connectivity index (χ2n) is 4.42. The van der Waals surface area contributed by atoms with Crippen LogP contribution in [0, 0.1) is 0 Å². The SMILES string of the molecule is CCNC(=NCc1ccc(Cl)s1)NCC1CCCS1.I. The molecule has 1 atom stereocenters. The lowest BCUT2D eigenvalue weighted by Crippen LogP contribution is -2.40. The second-order valence-corrected chi connectivity index (χ2v) is 7.62. The van der Waals surface area contributed by atoms with Gasteiger partial charge in [-0.3, -0.25) is 0 Å². The summed E-state index contributed by atoms with van der Waals surface area (Å²) in [6.45, 7) is 4.66. The highest BCUT2D eigenvalue weighted by atomic mass is 127. The zero-order valence-electron chi connectivity index (χ0n) is 11.5. The van der Waals surface area contributed by atoms with Crippen LogP contribution >= 0.6 is 58.7 Å². The maximum atomic E-state index is 5.92. The van der Waals surface area contributed by atoms with Crippen molar-refractivity contribution in [3.63, 3.8) is 0 Å². The van der Waals surface area contributed by atoms with Gasteiger partial charge in [0, 0.05) is 23.2 Å². The number of hydrogen-bond acceptors (Lipinski definition) is 3. The van der Waals surface area contributed by atoms with Gasteiger partial charge in [0.05, 0.1) is 10.9 Å². The molecule has 0 spiro atoms. The third-order valence-electron chi connectivity index (χ3n) is 2.89. The van der Waals surface area contributed by atoms with Gasteiger partial charge in [0.1, 0.15) is 0 Å². The third-order valence-corrected chi connectivity index (χ3v) is 5.50. The van der Waals surface area contributed by atoms with Crippen molar-refractivity contribution in [3.8, 4) is 0 Å². The maximum absolute atomic E-state index is 5.92. The van der Waals surface area contributed by atoms with Gasteiger partial charge in [0.2, 0.25) is 0 Å². The molecule has 1 aromatic rings. The van der Waals surface area contributed by atoms with Crippen molar-refractivity contribution in [3.05, 3.63) is 21.3 Å². The number of rotatable bonds is 5. The van der Waals surface area contributed by atoms with E-state index in [1.807, 2.05) is 12.1 Å². The summed E-state index contributed by atoms with van der Waals surface area (Å²) in [7, 11) is 0. The highest BCUT2D eigenvalue weighted by Gasteiger charge is 2.15. The Kier molecular flexibility index (Phi) is 9.31. The van der Waals surface area contributed by atoms with Crippen LogP contribution in [-0.2, 0) is 6.54 Å². The first-order valence-electron chi connectivity index (χ1n) is 6.66. The van der Waals surface area contributed by atoms with Crippen molar-refractivity contribution in [2.45, 2.75) is 31.6 Å². The molecule has 0 amide bonds. The number of thioether (sulfide) groups is 1. The van der Waals surface area contributed by atoms with E-state index in [-0.39, 0.29) is 24.0 Å². The van der Waals surface area contributed by atoms with E-state index < -0.39 is 0 Å². The zero-order valence-corrected chi connectivity index (χ0v) is 16.2. The molecule has 0 radical (unpaired) electrons. The van der Waals surface area contributed by atoms with Crippen LogP contribution in [0.4, 0.5) is 0 Å². The van der Waals surface area contributed by atoms with Crippen LogP contribution < -0.4 is 10.6 Å². The molecule has 20 heavy (non-hydrogen) atoms. The van der Waals surface area contributed by atoms with E-state index >= 15 is 0 Å². The van der Waals surface area contributed by atoms with Gasteiger partial charge in [-0.2, -0.15) is 11.8 Å². The largest absolute Gasteiger partial charge is 0.357 e. The van der Waals surface area contributed by atoms with E-state index in [1.54, 1.807) is 11.3 Å². The van der Waals surface area contributed by atoms with Gasteiger partial charge in [-0.1, -0.05) is 11.6 Å². The first kappa shape index (κ1) is 18.4. The summed E-state index contributed by atoms with van der Waals surface area (Å²) in [5.41, 5.74) is 0. The van der Waals surface area contributed by atoms with E-state index in [0.29, 0.717) is 6.54 Å². The summed E-state index contributed by atoms with van der Waals surface area (Å²) in [6, 6.07) is 3.96. The van der Waals surface area contributed by atoms with Crippen LogP contribution in [-0.4, -0.2) is 30.1 Å². The number of nitrogens with zero attached hydrogens (tertiary/aromatic N) is 1. The van der Waals surface area contributed by atoms with Crippen molar-refractivity contribution in [2.24, 2.45) is 4.99 Å². The van der Waals surface area contributed by atoms with Crippen molar-refractivity contribution in [1.29, 1.82) is 0 Å². The summed E-state index contributed by atoms with van der Waals surface area (Å²) >= 11 is 9.57. The van der Waals surface area contributed by atoms with Gasteiger partial charge >= 0.3 is 0 Å². The Morgan fingerprint density at radius 1 is 1.45 bits per heavy atom. The number of hydrogen-bond donors (Lipinski definition) is 2. The predicted octanol–water partition coefficient (Wildman–Crippen LogP) is 3.97. The molecule has 0 saturated carbocycles. The van der Waals surface area contributed by atoms with Gasteiger partial charge in [-0.05, 0) is 37.7 Å². The Morgan fingerprint density at radius 3 is 2.90 bits per heavy atom. The van der Waals surface area contributed by atoms with Crippen LogP contribution in [0.1, 0.15) is 24.6 Å². The first-order chi connectivity index (χ1) is 9.28. The van der Waals surface area contributed by atoms with Crippen LogP contribution in [0.3, 0.4) is 0 Å². The highest BCUT2D eigenvalue weighted by molar-refractivity contribution is 14.0. The number of aliphatic imine (C=N–C) groups is 1. The second kappa shape index (κ2) is 10.1. The molecule has 7 heteroatoms. The Bertz CT molecular complexity index is 420. The normalized spacial score (nSPS) is 18.7. The molecule has 3 nitrogen and oxygen atoms in total. The molecule has 0 aliphatic carbocycles. The van der Waals surface area contributed by atoms with Gasteiger partial charge in [0.15, 0.2) is 5.96 Å². The fourth-order valence-corrected chi connectivity index (χ4v) is 4.16. The van der Waals surface area contributed by atoms with E-state index in [1.165, 1.54) is 23.5 Å². The minimum atomic E-state index is 0. The molecule has 2 rings (SSSR count). The summed E-state index contributed by atoms with van der Waals surface area (Å²) in [4.78, 5) is 5.79. The Labute approximate surface area is 151 Å². The number of guanidine groups is 1. The fraction of sp³-hybridized carbons (Fsp3) is 0.615. The minimum Gasteiger partial charge on any atom is -0.357 e. The summed E-state index contributed by atoms with van der Waals surface area (Å²) in [6.07, 6.45) is 2.66. The smallest absolute Gasteiger partial charge is 0.191 e. The molecule has 1 aliphatic heterocycles. The standard InChI is InChI=1S/C13H20ClN3S2.HI/c1-2-15-13(16-8-10-4-3-7-18-10)17-9-11-5-6-12(14)19-11;/h5-6,10H,2-4,7-9H2,1H3,(H2,15,16,17);1H. The topological polar surface area (TPSA) is 36.4 Å². The summed E-state index contributed by atoms with van der Waals surface area (Å²) in [5.74, 6) is 2.20. The lowest BCUT2D eigenvalue weighted by molar-refractivity contribution is 0.727. The highest BCUT2D eigenvalue weighted by Crippen LogP contribution is 2.25. The molecule has 1 unspecified atom stereocenters. The van der Waals surface area contributed by atoms with Gasteiger partial charge in [0.25, 0.3) is 0 Å². The van der Waals surface area contributed by atoms with E-state index in [0.717, 1.165) is 28.6 Å². The Balaban J connectivity index is 0.00000200. The first-order valence-corrected chi connectivity index (χ1v) is 8.90. The maximum Gasteiger partial charge on any atom is 0.191 e. The average molecular weight is 446 g/mol. The molecule has 1 aliphatic rings. The van der Waals surface area contributed by atoms with Crippen molar-refractivity contribution >= 4 is 64.6 Å². The average Bonchev–Trinajstić information content (AvgIpc) is 3.04. The van der Waals surface area contributed by atoms with E-state index in [9.17, 15) is 0 Å². The number of halogens is 2. The van der Waals surface area contributed by atoms with Crippen molar-refractivity contribution in [2.75, 3.05) is 18.8 Å². The summed E-state index contributed by atoms with van der Waals surface area (Å²) in [5, 5.41) is 7.45. The Morgan fingerprint density at radius 2 is 2.30 bits per heavy atom. The lowest BCUT2D eigenvalue weighted by atomic mass is 10.2. The minimum absolute atomic E-state index is 0. The molecular formula is C13H21ClIN3S2.